The van der Waals surface area contributed by atoms with Gasteiger partial charge in [-0.2, -0.15) is 4.98 Å². The number of rotatable bonds is 5. The fraction of sp³-hybridized carbons (Fsp3) is 0.818. The first kappa shape index (κ1) is 11.5. The van der Waals surface area contributed by atoms with Gasteiger partial charge in [0.2, 0.25) is 5.89 Å². The van der Waals surface area contributed by atoms with E-state index in [0.29, 0.717) is 12.6 Å². The van der Waals surface area contributed by atoms with Crippen LogP contribution < -0.4 is 5.32 Å². The Balaban J connectivity index is 1.81. The lowest BCUT2D eigenvalue weighted by Crippen LogP contribution is -2.35. The molecule has 0 aliphatic carbocycles. The summed E-state index contributed by atoms with van der Waals surface area (Å²) >= 11 is 0. The third-order valence-corrected chi connectivity index (χ3v) is 2.87. The lowest BCUT2D eigenvalue weighted by atomic mass is 10.0. The molecule has 90 valence electrons. The predicted molar refractivity (Wildman–Crippen MR) is 59.2 cm³/mol. The van der Waals surface area contributed by atoms with E-state index < -0.39 is 0 Å². The van der Waals surface area contributed by atoms with Crippen molar-refractivity contribution in [1.29, 1.82) is 0 Å². The largest absolute Gasteiger partial charge is 0.384 e. The Bertz CT molecular complexity index is 308. The molecule has 1 aromatic rings. The minimum Gasteiger partial charge on any atom is -0.384 e. The molecule has 2 heterocycles. The minimum atomic E-state index is 0.504. The molecule has 5 heteroatoms. The quantitative estimate of drug-likeness (QED) is 0.808. The van der Waals surface area contributed by atoms with Gasteiger partial charge < -0.3 is 14.6 Å². The number of methoxy groups -OCH3 is 1. The second-order valence-electron chi connectivity index (χ2n) is 4.20. The summed E-state index contributed by atoms with van der Waals surface area (Å²) in [6, 6.07) is 0.504. The summed E-state index contributed by atoms with van der Waals surface area (Å²) in [5.74, 6) is 1.48. The molecule has 1 aliphatic heterocycles. The van der Waals surface area contributed by atoms with Crippen LogP contribution in [0.25, 0.3) is 0 Å². The smallest absolute Gasteiger partial charge is 0.228 e. The maximum absolute atomic E-state index is 5.21. The van der Waals surface area contributed by atoms with Gasteiger partial charge in [0.15, 0.2) is 5.82 Å². The summed E-state index contributed by atoms with van der Waals surface area (Å²) in [6.45, 7) is 1.75. The summed E-state index contributed by atoms with van der Waals surface area (Å²) in [6.07, 6.45) is 5.34. The number of piperidine rings is 1. The number of hydrogen-bond acceptors (Lipinski definition) is 5. The van der Waals surface area contributed by atoms with Gasteiger partial charge in [-0.25, -0.2) is 0 Å². The number of ether oxygens (including phenoxy) is 1. The fourth-order valence-electron chi connectivity index (χ4n) is 1.98. The first-order chi connectivity index (χ1) is 7.88. The number of hydrogen-bond donors (Lipinski definition) is 1. The van der Waals surface area contributed by atoms with E-state index in [0.717, 1.165) is 31.1 Å². The Morgan fingerprint density at radius 1 is 1.50 bits per heavy atom. The van der Waals surface area contributed by atoms with E-state index in [-0.39, 0.29) is 0 Å². The number of nitrogens with one attached hydrogen (secondary N) is 1. The molecular formula is C11H19N3O2. The van der Waals surface area contributed by atoms with E-state index in [2.05, 4.69) is 15.5 Å². The number of nitrogens with zero attached hydrogens (tertiary/aromatic N) is 2. The Morgan fingerprint density at radius 3 is 3.19 bits per heavy atom. The average molecular weight is 225 g/mol. The van der Waals surface area contributed by atoms with E-state index in [1.54, 1.807) is 7.11 Å². The molecule has 1 atom stereocenters. The molecular weight excluding hydrogens is 206 g/mol. The van der Waals surface area contributed by atoms with Gasteiger partial charge in [-0.3, -0.25) is 0 Å². The molecule has 0 amide bonds. The Kier molecular flexibility index (Phi) is 4.30. The molecule has 1 fully saturated rings. The highest BCUT2D eigenvalue weighted by molar-refractivity contribution is 4.90. The highest BCUT2D eigenvalue weighted by Gasteiger charge is 2.16. The first-order valence-corrected chi connectivity index (χ1v) is 5.92. The molecule has 16 heavy (non-hydrogen) atoms. The fourth-order valence-corrected chi connectivity index (χ4v) is 1.98. The van der Waals surface area contributed by atoms with E-state index in [4.69, 9.17) is 9.26 Å². The van der Waals surface area contributed by atoms with E-state index in [1.165, 1.54) is 19.3 Å². The van der Waals surface area contributed by atoms with Crippen LogP contribution in [0, 0.1) is 0 Å². The zero-order valence-electron chi connectivity index (χ0n) is 9.74. The average Bonchev–Trinajstić information content (AvgIpc) is 2.75. The summed E-state index contributed by atoms with van der Waals surface area (Å²) in [5, 5.41) is 7.39. The summed E-state index contributed by atoms with van der Waals surface area (Å²) in [4.78, 5) is 4.34. The monoisotopic (exact) mass is 225 g/mol. The topological polar surface area (TPSA) is 60.2 Å². The molecule has 1 N–H and O–H groups in total. The maximum Gasteiger partial charge on any atom is 0.228 e. The van der Waals surface area contributed by atoms with Crippen molar-refractivity contribution in [2.45, 2.75) is 38.1 Å². The van der Waals surface area contributed by atoms with Gasteiger partial charge in [0.05, 0.1) is 6.61 Å². The van der Waals surface area contributed by atoms with Crippen molar-refractivity contribution in [2.24, 2.45) is 0 Å². The van der Waals surface area contributed by atoms with Gasteiger partial charge in [-0.15, -0.1) is 0 Å². The van der Waals surface area contributed by atoms with Crippen LogP contribution in [0.3, 0.4) is 0 Å². The van der Waals surface area contributed by atoms with E-state index in [1.807, 2.05) is 0 Å². The molecule has 5 nitrogen and oxygen atoms in total. The predicted octanol–water partition coefficient (Wildman–Crippen LogP) is 0.943. The normalized spacial score (nSPS) is 21.2. The van der Waals surface area contributed by atoms with Crippen LogP contribution >= 0.6 is 0 Å². The maximum atomic E-state index is 5.21. The standard InChI is InChI=1S/C11H19N3O2/c1-15-7-5-10-13-11(16-14-10)8-9-4-2-3-6-12-9/h9,12H,2-8H2,1H3/t9-/m1/s1. The third-order valence-electron chi connectivity index (χ3n) is 2.87. The van der Waals surface area contributed by atoms with Crippen LogP contribution in [0.1, 0.15) is 31.0 Å². The molecule has 0 bridgehead atoms. The van der Waals surface area contributed by atoms with Crippen molar-refractivity contribution in [3.05, 3.63) is 11.7 Å². The zero-order chi connectivity index (χ0) is 11.2. The molecule has 0 spiro atoms. The third kappa shape index (κ3) is 3.28. The van der Waals surface area contributed by atoms with Gasteiger partial charge in [-0.05, 0) is 19.4 Å². The summed E-state index contributed by atoms with van der Waals surface area (Å²) in [5.41, 5.74) is 0. The molecule has 2 rings (SSSR count). The van der Waals surface area contributed by atoms with Gasteiger partial charge >= 0.3 is 0 Å². The molecule has 1 saturated heterocycles. The van der Waals surface area contributed by atoms with Gasteiger partial charge in [0, 0.05) is 26.0 Å². The van der Waals surface area contributed by atoms with E-state index in [9.17, 15) is 0 Å². The van der Waals surface area contributed by atoms with Crippen LogP contribution in [0.15, 0.2) is 4.52 Å². The van der Waals surface area contributed by atoms with Crippen molar-refractivity contribution in [1.82, 2.24) is 15.5 Å². The highest BCUT2D eigenvalue weighted by Crippen LogP contribution is 2.11. The number of aromatic nitrogens is 2. The lowest BCUT2D eigenvalue weighted by molar-refractivity contribution is 0.199. The van der Waals surface area contributed by atoms with Gasteiger partial charge in [0.1, 0.15) is 0 Å². The second-order valence-corrected chi connectivity index (χ2v) is 4.20. The summed E-state index contributed by atoms with van der Waals surface area (Å²) in [7, 11) is 1.67. The molecule has 0 aromatic carbocycles. The summed E-state index contributed by atoms with van der Waals surface area (Å²) < 4.78 is 10.2. The SMILES string of the molecule is COCCc1noc(C[C@H]2CCCCN2)n1. The molecule has 1 aromatic heterocycles. The van der Waals surface area contributed by atoms with E-state index >= 15 is 0 Å². The van der Waals surface area contributed by atoms with Crippen molar-refractivity contribution in [3.63, 3.8) is 0 Å². The second kappa shape index (κ2) is 5.96. The van der Waals surface area contributed by atoms with Crippen LogP contribution in [0.4, 0.5) is 0 Å². The molecule has 1 aliphatic rings. The van der Waals surface area contributed by atoms with Crippen LogP contribution in [0.2, 0.25) is 0 Å². The first-order valence-electron chi connectivity index (χ1n) is 5.92. The molecule has 0 saturated carbocycles. The Morgan fingerprint density at radius 2 is 2.44 bits per heavy atom. The van der Waals surface area contributed by atoms with Crippen molar-refractivity contribution >= 4 is 0 Å². The lowest BCUT2D eigenvalue weighted by Gasteiger charge is -2.21. The Labute approximate surface area is 95.6 Å². The molecule has 0 radical (unpaired) electrons. The Hall–Kier alpha value is -0.940. The van der Waals surface area contributed by atoms with Crippen LogP contribution in [-0.2, 0) is 17.6 Å². The van der Waals surface area contributed by atoms with Gasteiger partial charge in [-0.1, -0.05) is 11.6 Å². The molecule has 0 unspecified atom stereocenters. The minimum absolute atomic E-state index is 0.504. The zero-order valence-corrected chi connectivity index (χ0v) is 9.74. The van der Waals surface area contributed by atoms with Crippen molar-refractivity contribution in [3.8, 4) is 0 Å². The van der Waals surface area contributed by atoms with Crippen LogP contribution in [-0.4, -0.2) is 36.4 Å². The van der Waals surface area contributed by atoms with Crippen molar-refractivity contribution < 1.29 is 9.26 Å². The highest BCUT2D eigenvalue weighted by atomic mass is 16.5. The van der Waals surface area contributed by atoms with Crippen molar-refractivity contribution in [2.75, 3.05) is 20.3 Å². The van der Waals surface area contributed by atoms with Gasteiger partial charge in [0.25, 0.3) is 0 Å². The van der Waals surface area contributed by atoms with Crippen LogP contribution in [0.5, 0.6) is 0 Å².